The maximum absolute atomic E-state index is 6.44. The van der Waals surface area contributed by atoms with Crippen molar-refractivity contribution in [1.29, 1.82) is 0 Å². The second kappa shape index (κ2) is 16.6. The zero-order valence-electron chi connectivity index (χ0n) is 35.4. The number of hydrogen-bond acceptors (Lipinski definition) is 2. The molecule has 302 valence electrons. The van der Waals surface area contributed by atoms with E-state index < -0.39 is 0 Å². The molecule has 0 fully saturated rings. The van der Waals surface area contributed by atoms with E-state index in [4.69, 9.17) is 4.74 Å². The highest BCUT2D eigenvalue weighted by Gasteiger charge is 2.37. The average molecular weight is 810 g/mol. The van der Waals surface area contributed by atoms with Crippen LogP contribution >= 0.6 is 0 Å². The molecular formula is C61H47NO. The molecule has 8 aromatic rings. The van der Waals surface area contributed by atoms with E-state index in [9.17, 15) is 0 Å². The lowest BCUT2D eigenvalue weighted by Gasteiger charge is -2.28. The van der Waals surface area contributed by atoms with Gasteiger partial charge >= 0.3 is 0 Å². The second-order valence-electron chi connectivity index (χ2n) is 16.8. The summed E-state index contributed by atoms with van der Waals surface area (Å²) in [5.74, 6) is 2.40. The Morgan fingerprint density at radius 1 is 0.429 bits per heavy atom. The molecule has 0 N–H and O–H groups in total. The van der Waals surface area contributed by atoms with Gasteiger partial charge in [-0.3, -0.25) is 0 Å². The molecule has 2 heteroatoms. The smallest absolute Gasteiger partial charge is 0.130 e. The van der Waals surface area contributed by atoms with Gasteiger partial charge in [0.2, 0.25) is 0 Å². The van der Waals surface area contributed by atoms with Crippen LogP contribution in [0.2, 0.25) is 0 Å². The first kappa shape index (κ1) is 38.3. The van der Waals surface area contributed by atoms with Crippen molar-refractivity contribution in [1.82, 2.24) is 0 Å². The first-order chi connectivity index (χ1) is 31.1. The monoisotopic (exact) mass is 809 g/mol. The van der Waals surface area contributed by atoms with E-state index in [-0.39, 0.29) is 11.8 Å². The van der Waals surface area contributed by atoms with Gasteiger partial charge in [0.1, 0.15) is 11.5 Å². The van der Waals surface area contributed by atoms with Gasteiger partial charge in [0.05, 0.1) is 5.92 Å². The number of nitrogens with zero attached hydrogens (tertiary/aromatic N) is 1. The van der Waals surface area contributed by atoms with Crippen molar-refractivity contribution in [3.8, 4) is 50.3 Å². The topological polar surface area (TPSA) is 12.5 Å². The molecule has 2 nitrogen and oxygen atoms in total. The van der Waals surface area contributed by atoms with Gasteiger partial charge in [-0.1, -0.05) is 165 Å². The molecule has 8 aromatic carbocycles. The van der Waals surface area contributed by atoms with Gasteiger partial charge in [-0.2, -0.15) is 0 Å². The minimum atomic E-state index is 0.168. The third-order valence-electron chi connectivity index (χ3n) is 12.9. The molecule has 2 aliphatic carbocycles. The summed E-state index contributed by atoms with van der Waals surface area (Å²) < 4.78 is 6.44. The van der Waals surface area contributed by atoms with Crippen LogP contribution in [0.25, 0.3) is 55.7 Å². The highest BCUT2D eigenvalue weighted by Crippen LogP contribution is 2.52. The first-order valence-electron chi connectivity index (χ1n) is 22.2. The Labute approximate surface area is 371 Å². The summed E-state index contributed by atoms with van der Waals surface area (Å²) in [5.41, 5.74) is 19.3. The van der Waals surface area contributed by atoms with E-state index in [2.05, 4.69) is 242 Å². The number of hydrogen-bond donors (Lipinski definition) is 0. The third kappa shape index (κ3) is 7.55. The molecule has 0 aromatic heterocycles. The van der Waals surface area contributed by atoms with Crippen LogP contribution in [0.3, 0.4) is 0 Å². The number of rotatable bonds is 9. The molecule has 63 heavy (non-hydrogen) atoms. The lowest BCUT2D eigenvalue weighted by Crippen LogP contribution is -2.15. The van der Waals surface area contributed by atoms with Crippen LogP contribution in [0.5, 0.6) is 5.75 Å². The van der Waals surface area contributed by atoms with Crippen LogP contribution in [0, 0.1) is 5.92 Å². The molecule has 0 spiro atoms. The fourth-order valence-electron chi connectivity index (χ4n) is 9.63. The molecule has 1 aliphatic heterocycles. The lowest BCUT2D eigenvalue weighted by molar-refractivity contribution is 0.407. The van der Waals surface area contributed by atoms with Crippen LogP contribution < -0.4 is 9.64 Å². The zero-order valence-corrected chi connectivity index (χ0v) is 35.4. The van der Waals surface area contributed by atoms with Gasteiger partial charge in [-0.05, 0) is 158 Å². The second-order valence-corrected chi connectivity index (χ2v) is 16.8. The molecular weight excluding hydrogens is 763 g/mol. The van der Waals surface area contributed by atoms with Gasteiger partial charge in [-0.25, -0.2) is 0 Å². The number of allylic oxidation sites excluding steroid dienone is 8. The summed E-state index contributed by atoms with van der Waals surface area (Å²) in [6.45, 7) is 2.34. The van der Waals surface area contributed by atoms with E-state index in [1.54, 1.807) is 0 Å². The predicted octanol–water partition coefficient (Wildman–Crippen LogP) is 16.7. The summed E-state index contributed by atoms with van der Waals surface area (Å²) >= 11 is 0. The number of ether oxygens (including phenoxy) is 1. The Morgan fingerprint density at radius 2 is 0.905 bits per heavy atom. The summed E-state index contributed by atoms with van der Waals surface area (Å²) in [5, 5.41) is 0. The van der Waals surface area contributed by atoms with Crippen molar-refractivity contribution >= 4 is 28.2 Å². The summed E-state index contributed by atoms with van der Waals surface area (Å²) in [7, 11) is 0. The summed E-state index contributed by atoms with van der Waals surface area (Å²) in [6.07, 6.45) is 13.5. The highest BCUT2D eigenvalue weighted by atomic mass is 16.5. The summed E-state index contributed by atoms with van der Waals surface area (Å²) in [6, 6.07) is 72.7. The Kier molecular flexibility index (Phi) is 10.1. The van der Waals surface area contributed by atoms with E-state index in [0.29, 0.717) is 0 Å². The predicted molar refractivity (Wildman–Crippen MR) is 264 cm³/mol. The van der Waals surface area contributed by atoms with E-state index >= 15 is 0 Å². The van der Waals surface area contributed by atoms with E-state index in [1.165, 1.54) is 72.3 Å². The lowest BCUT2D eigenvalue weighted by atomic mass is 9.76. The van der Waals surface area contributed by atoms with Crippen molar-refractivity contribution in [3.63, 3.8) is 0 Å². The molecule has 3 aliphatic rings. The van der Waals surface area contributed by atoms with Crippen molar-refractivity contribution in [3.05, 3.63) is 253 Å². The van der Waals surface area contributed by atoms with Crippen molar-refractivity contribution in [2.45, 2.75) is 25.7 Å². The molecule has 1 heterocycles. The quantitative estimate of drug-likeness (QED) is 0.144. The Bertz CT molecular complexity index is 3050. The molecule has 0 saturated carbocycles. The largest absolute Gasteiger partial charge is 0.461 e. The minimum Gasteiger partial charge on any atom is -0.461 e. The standard InChI is InChI=1S/C61H47NO/c1-42-57(35-37-60-61(42)58-41-50(28-36-59(58)63-60)44-16-8-3-9-17-44)49-26-33-56(34-27-49)62(54-29-22-47(23-30-54)43-14-6-2-7-15-43)55-31-24-48(25-32-55)53-39-51(45-18-10-4-11-19-45)38-52(40-53)46-20-12-5-13-21-46/h2-4,6-12,14-42,61H,5,13H2,1H3. The molecule has 0 radical (unpaired) electrons. The number of fused-ring (bicyclic) bond motifs is 3. The SMILES string of the molecule is CC1C(c2ccc(N(c3ccc(-c4ccccc4)cc3)c3ccc(-c4cc(C5=CCCC=C5)cc(-c5ccccc5)c4)cc3)cc2)=CC=C2Oc3ccc(-c4ccccc4)cc3C21. The molecule has 0 saturated heterocycles. The molecule has 11 rings (SSSR count). The van der Waals surface area contributed by atoms with Crippen LogP contribution in [0.15, 0.2) is 236 Å². The number of benzene rings is 8. The van der Waals surface area contributed by atoms with E-state index in [0.717, 1.165) is 41.4 Å². The Morgan fingerprint density at radius 3 is 1.46 bits per heavy atom. The molecule has 0 bridgehead atoms. The fourth-order valence-corrected chi connectivity index (χ4v) is 9.63. The third-order valence-corrected chi connectivity index (χ3v) is 12.9. The first-order valence-corrected chi connectivity index (χ1v) is 22.2. The number of anilines is 3. The molecule has 2 atom stereocenters. The zero-order chi connectivity index (χ0) is 42.1. The molecule has 0 amide bonds. The maximum Gasteiger partial charge on any atom is 0.130 e. The fraction of sp³-hybridized carbons (Fsp3) is 0.0820. The summed E-state index contributed by atoms with van der Waals surface area (Å²) in [4.78, 5) is 2.37. The Balaban J connectivity index is 0.931. The average Bonchev–Trinajstić information content (AvgIpc) is 3.75. The van der Waals surface area contributed by atoms with Gasteiger partial charge in [0.25, 0.3) is 0 Å². The van der Waals surface area contributed by atoms with Gasteiger partial charge < -0.3 is 9.64 Å². The van der Waals surface area contributed by atoms with Crippen LogP contribution in [0.1, 0.15) is 42.4 Å². The maximum atomic E-state index is 6.44. The van der Waals surface area contributed by atoms with E-state index in [1.807, 2.05) is 0 Å². The van der Waals surface area contributed by atoms with Crippen LogP contribution in [0.4, 0.5) is 17.1 Å². The van der Waals surface area contributed by atoms with Gasteiger partial charge in [0, 0.05) is 22.6 Å². The van der Waals surface area contributed by atoms with Gasteiger partial charge in [-0.15, -0.1) is 0 Å². The Hall–Kier alpha value is -7.68. The van der Waals surface area contributed by atoms with Crippen LogP contribution in [-0.4, -0.2) is 0 Å². The normalized spacial score (nSPS) is 16.2. The van der Waals surface area contributed by atoms with Crippen molar-refractivity contribution < 1.29 is 4.74 Å². The molecule has 2 unspecified atom stereocenters. The van der Waals surface area contributed by atoms with Gasteiger partial charge in [0.15, 0.2) is 0 Å². The minimum absolute atomic E-state index is 0.168. The highest BCUT2D eigenvalue weighted by molar-refractivity contribution is 5.86. The van der Waals surface area contributed by atoms with Crippen molar-refractivity contribution in [2.75, 3.05) is 4.90 Å². The van der Waals surface area contributed by atoms with Crippen LogP contribution in [-0.2, 0) is 0 Å². The van der Waals surface area contributed by atoms with Crippen molar-refractivity contribution in [2.24, 2.45) is 5.92 Å².